The van der Waals surface area contributed by atoms with Crippen molar-refractivity contribution in [2.24, 2.45) is 0 Å². The number of piperazine rings is 1. The lowest BCUT2D eigenvalue weighted by Gasteiger charge is -2.36. The molecular weight excluding hydrogens is 644 g/mol. The third-order valence-corrected chi connectivity index (χ3v) is 8.20. The zero-order valence-electron chi connectivity index (χ0n) is 27.0. The number of hydrogen-bond acceptors (Lipinski definition) is 7. The van der Waals surface area contributed by atoms with Crippen molar-refractivity contribution >= 4 is 39.4 Å². The first-order valence-electron chi connectivity index (χ1n) is 15.2. The smallest absolute Gasteiger partial charge is 0.324 e. The van der Waals surface area contributed by atoms with Gasteiger partial charge in [-0.1, -0.05) is 30.7 Å². The second-order valence-electron chi connectivity index (χ2n) is 12.3. The van der Waals surface area contributed by atoms with E-state index in [2.05, 4.69) is 22.5 Å². The highest BCUT2D eigenvalue weighted by atomic mass is 32.2. The number of nitrogens with one attached hydrogen (secondary N) is 2. The van der Waals surface area contributed by atoms with Gasteiger partial charge < -0.3 is 15.1 Å². The Hall–Kier alpha value is -4.89. The van der Waals surface area contributed by atoms with Crippen molar-refractivity contribution in [2.75, 3.05) is 48.0 Å². The number of carbonyl (C=O) groups excluding carboxylic acids is 2. The number of benzene rings is 2. The molecule has 48 heavy (non-hydrogen) atoms. The topological polar surface area (TPSA) is 150 Å². The molecule has 1 aliphatic heterocycles. The van der Waals surface area contributed by atoms with E-state index in [0.29, 0.717) is 43.9 Å². The number of rotatable bonds is 6. The van der Waals surface area contributed by atoms with Crippen molar-refractivity contribution in [1.29, 1.82) is 0 Å². The fraction of sp³-hybridized carbons (Fsp3) is 0.333. The molecule has 3 amide bonds. The first-order valence-corrected chi connectivity index (χ1v) is 17.1. The van der Waals surface area contributed by atoms with Crippen molar-refractivity contribution in [3.63, 3.8) is 0 Å². The van der Waals surface area contributed by atoms with Gasteiger partial charge in [-0.05, 0) is 62.6 Å². The van der Waals surface area contributed by atoms with E-state index in [4.69, 9.17) is 9.65 Å². The van der Waals surface area contributed by atoms with Gasteiger partial charge in [0, 0.05) is 37.7 Å². The van der Waals surface area contributed by atoms with E-state index < -0.39 is 39.3 Å². The van der Waals surface area contributed by atoms with Gasteiger partial charge in [-0.2, -0.15) is 13.5 Å². The van der Waals surface area contributed by atoms with Gasteiger partial charge in [-0.25, -0.2) is 23.2 Å². The summed E-state index contributed by atoms with van der Waals surface area (Å²) in [5.41, 5.74) is 3.82. The van der Waals surface area contributed by atoms with Crippen LogP contribution < -0.4 is 15.5 Å². The summed E-state index contributed by atoms with van der Waals surface area (Å²) in [5, 5.41) is 10.6. The summed E-state index contributed by atoms with van der Waals surface area (Å²) in [6, 6.07) is 14.7. The summed E-state index contributed by atoms with van der Waals surface area (Å²) in [6.07, 6.45) is 4.43. The molecule has 2 aliphatic rings. The van der Waals surface area contributed by atoms with Crippen molar-refractivity contribution in [3.8, 4) is 5.69 Å². The van der Waals surface area contributed by atoms with Gasteiger partial charge in [0.05, 0.1) is 29.5 Å². The minimum Gasteiger partial charge on any atom is -0.353 e. The summed E-state index contributed by atoms with van der Waals surface area (Å²) >= 11 is 0. The maximum Gasteiger partial charge on any atom is 0.324 e. The van der Waals surface area contributed by atoms with Crippen LogP contribution in [-0.2, 0) is 15.5 Å². The Kier molecular flexibility index (Phi) is 9.82. The predicted molar refractivity (Wildman–Crippen MR) is 178 cm³/mol. The normalized spacial score (nSPS) is 15.3. The second kappa shape index (κ2) is 13.7. The van der Waals surface area contributed by atoms with Crippen molar-refractivity contribution in [2.45, 2.75) is 39.0 Å². The molecule has 4 aromatic rings. The molecule has 2 aromatic heterocycles. The highest BCUT2D eigenvalue weighted by Gasteiger charge is 2.42. The van der Waals surface area contributed by atoms with Crippen LogP contribution in [-0.4, -0.2) is 77.0 Å². The quantitative estimate of drug-likeness (QED) is 0.232. The summed E-state index contributed by atoms with van der Waals surface area (Å²) in [6.45, 7) is 7.59. The number of nitrogens with zero attached hydrogens (tertiary/aromatic N) is 5. The molecule has 12 nitrogen and oxygen atoms in total. The third kappa shape index (κ3) is 8.33. The van der Waals surface area contributed by atoms with Crippen molar-refractivity contribution in [1.82, 2.24) is 19.7 Å². The lowest BCUT2D eigenvalue weighted by molar-refractivity contribution is 0.0736. The van der Waals surface area contributed by atoms with Crippen LogP contribution in [0.3, 0.4) is 0 Å². The largest absolute Gasteiger partial charge is 0.353 e. The third-order valence-electron chi connectivity index (χ3n) is 8.20. The number of urea groups is 1. The van der Waals surface area contributed by atoms with Gasteiger partial charge >= 0.3 is 6.03 Å². The van der Waals surface area contributed by atoms with Gasteiger partial charge in [0.2, 0.25) is 0 Å². The van der Waals surface area contributed by atoms with Crippen LogP contribution in [0.15, 0.2) is 60.8 Å². The molecule has 1 saturated heterocycles. The van der Waals surface area contributed by atoms with Gasteiger partial charge in [0.15, 0.2) is 0 Å². The molecule has 2 aromatic carbocycles. The van der Waals surface area contributed by atoms with Crippen molar-refractivity contribution in [3.05, 3.63) is 94.8 Å². The predicted octanol–water partition coefficient (Wildman–Crippen LogP) is 5.32. The maximum atomic E-state index is 14.1. The molecule has 0 unspecified atom stereocenters. The molecule has 254 valence electrons. The molecular formula is C33H37F2N7O5S. The summed E-state index contributed by atoms with van der Waals surface area (Å²) < 4.78 is 55.9. The van der Waals surface area contributed by atoms with Gasteiger partial charge in [-0.3, -0.25) is 14.7 Å². The molecule has 3 heterocycles. The Bertz CT molecular complexity index is 1910. The molecule has 0 bridgehead atoms. The molecule has 0 spiro atoms. The van der Waals surface area contributed by atoms with Crippen LogP contribution in [0.2, 0.25) is 0 Å². The Morgan fingerprint density at radius 1 is 0.938 bits per heavy atom. The Morgan fingerprint density at radius 3 is 2.10 bits per heavy atom. The summed E-state index contributed by atoms with van der Waals surface area (Å²) in [5.74, 6) is -1.10. The molecule has 1 saturated carbocycles. The Morgan fingerprint density at radius 2 is 1.54 bits per heavy atom. The SMILES string of the molecule is CS(=O)(=O)O.Cc1ccc(-n2nc(C3(C)CC3)cc2NC(=O)Nc2cnc(N3CCN(C(=O)c4c(F)cccc4F)CC3)c(C)c2)cc1. The van der Waals surface area contributed by atoms with Gasteiger partial charge in [0.1, 0.15) is 28.8 Å². The van der Waals surface area contributed by atoms with E-state index in [0.717, 1.165) is 53.3 Å². The monoisotopic (exact) mass is 681 g/mol. The van der Waals surface area contributed by atoms with Crippen LogP contribution in [0, 0.1) is 25.5 Å². The van der Waals surface area contributed by atoms with Crippen LogP contribution in [0.25, 0.3) is 5.69 Å². The van der Waals surface area contributed by atoms with Crippen LogP contribution in [0.4, 0.5) is 30.9 Å². The zero-order valence-corrected chi connectivity index (χ0v) is 27.8. The number of amides is 3. The molecule has 0 atom stereocenters. The summed E-state index contributed by atoms with van der Waals surface area (Å²) in [4.78, 5) is 33.9. The molecule has 0 radical (unpaired) electrons. The van der Waals surface area contributed by atoms with Gasteiger partial charge in [-0.15, -0.1) is 0 Å². The minimum absolute atomic E-state index is 0.0341. The lowest BCUT2D eigenvalue weighted by atomic mass is 10.1. The number of pyridine rings is 1. The molecule has 15 heteroatoms. The Balaban J connectivity index is 0.000000840. The molecule has 3 N–H and O–H groups in total. The summed E-state index contributed by atoms with van der Waals surface area (Å²) in [7, 11) is -3.67. The van der Waals surface area contributed by atoms with Crippen LogP contribution in [0.5, 0.6) is 0 Å². The van der Waals surface area contributed by atoms with Gasteiger partial charge in [0.25, 0.3) is 16.0 Å². The van der Waals surface area contributed by atoms with Crippen LogP contribution in [0.1, 0.15) is 46.9 Å². The number of aromatic nitrogens is 3. The number of halogens is 2. The highest BCUT2D eigenvalue weighted by molar-refractivity contribution is 7.85. The fourth-order valence-corrected chi connectivity index (χ4v) is 5.32. The standard InChI is InChI=1S/C32H33F2N7O2.CH4O3S/c1-20-7-9-23(10-8-20)41-27(18-26(38-41)32(3)11-12-32)37-31(43)36-22-17-21(2)29(35-19-22)39-13-15-40(16-14-39)30(42)28-24(33)5-4-6-25(28)34;1-5(2,3)4/h4-10,17-19H,11-16H2,1-3H3,(H2,36,37,43);1H3,(H,2,3,4). The first kappa shape index (κ1) is 34.4. The number of carbonyl (C=O) groups is 2. The lowest BCUT2D eigenvalue weighted by Crippen LogP contribution is -2.49. The van der Waals surface area contributed by atoms with E-state index in [1.54, 1.807) is 10.9 Å². The van der Waals surface area contributed by atoms with Crippen molar-refractivity contribution < 1.29 is 31.3 Å². The van der Waals surface area contributed by atoms with E-state index in [-0.39, 0.29) is 5.41 Å². The molecule has 6 rings (SSSR count). The number of anilines is 3. The number of hydrogen-bond donors (Lipinski definition) is 3. The Labute approximate surface area is 277 Å². The first-order chi connectivity index (χ1) is 22.6. The second-order valence-corrected chi connectivity index (χ2v) is 13.7. The van der Waals surface area contributed by atoms with E-state index in [9.17, 15) is 26.8 Å². The molecule has 1 aliphatic carbocycles. The molecule has 2 fully saturated rings. The highest BCUT2D eigenvalue weighted by Crippen LogP contribution is 2.47. The van der Waals surface area contributed by atoms with Crippen LogP contribution >= 0.6 is 0 Å². The number of aryl methyl sites for hydroxylation is 2. The van der Waals surface area contributed by atoms with E-state index in [1.165, 1.54) is 11.0 Å². The minimum atomic E-state index is -3.67. The fourth-order valence-electron chi connectivity index (χ4n) is 5.32. The zero-order chi connectivity index (χ0) is 34.8. The maximum absolute atomic E-state index is 14.1. The van der Waals surface area contributed by atoms with E-state index >= 15 is 0 Å². The average molecular weight is 682 g/mol. The van der Waals surface area contributed by atoms with E-state index in [1.807, 2.05) is 55.1 Å². The average Bonchev–Trinajstić information content (AvgIpc) is 3.62.